The second kappa shape index (κ2) is 9.39. The lowest BCUT2D eigenvalue weighted by atomic mass is 9.62. The van der Waals surface area contributed by atoms with Crippen LogP contribution in [-0.2, 0) is 27.1 Å². The van der Waals surface area contributed by atoms with Crippen LogP contribution in [0.1, 0.15) is 162 Å². The molecule has 0 amide bonds. The van der Waals surface area contributed by atoms with Gasteiger partial charge in [-0.2, -0.15) is 0 Å². The Labute approximate surface area is 219 Å². The molecule has 35 heavy (non-hydrogen) atoms. The summed E-state index contributed by atoms with van der Waals surface area (Å²) in [7, 11) is 0. The molecule has 0 bridgehead atoms. The maximum absolute atomic E-state index is 2.60. The monoisotopic (exact) mass is 476 g/mol. The van der Waals surface area contributed by atoms with Crippen molar-refractivity contribution in [2.45, 2.75) is 150 Å². The summed E-state index contributed by atoms with van der Waals surface area (Å²) >= 11 is 0. The second-order valence-corrected chi connectivity index (χ2v) is 16.0. The summed E-state index contributed by atoms with van der Waals surface area (Å²) in [4.78, 5) is 0. The Morgan fingerprint density at radius 1 is 0.543 bits per heavy atom. The highest BCUT2D eigenvalue weighted by atomic mass is 14.4. The lowest BCUT2D eigenvalue weighted by Gasteiger charge is -2.42. The molecule has 196 valence electrons. The molecule has 0 heterocycles. The van der Waals surface area contributed by atoms with E-state index < -0.39 is 0 Å². The van der Waals surface area contributed by atoms with Gasteiger partial charge in [0.2, 0.25) is 0 Å². The van der Waals surface area contributed by atoms with Gasteiger partial charge in [-0.15, -0.1) is 0 Å². The molecule has 0 saturated carbocycles. The van der Waals surface area contributed by atoms with Crippen molar-refractivity contribution < 1.29 is 0 Å². The van der Waals surface area contributed by atoms with E-state index in [-0.39, 0.29) is 27.1 Å². The quantitative estimate of drug-likeness (QED) is 0.413. The third-order valence-corrected chi connectivity index (χ3v) is 7.40. The van der Waals surface area contributed by atoms with Crippen LogP contribution in [0, 0.1) is 0 Å². The van der Waals surface area contributed by atoms with E-state index in [0.717, 1.165) is 6.42 Å². The van der Waals surface area contributed by atoms with Crippen LogP contribution in [0.5, 0.6) is 0 Å². The summed E-state index contributed by atoms with van der Waals surface area (Å²) in [5.41, 5.74) is 11.0. The van der Waals surface area contributed by atoms with E-state index in [4.69, 9.17) is 0 Å². The normalized spacial score (nSPS) is 14.9. The van der Waals surface area contributed by atoms with E-state index in [1.807, 2.05) is 0 Å². The largest absolute Gasteiger partial charge is 0.0645 e. The molecule has 0 saturated heterocycles. The van der Waals surface area contributed by atoms with Gasteiger partial charge in [0.05, 0.1) is 0 Å². The standard InChI is InChI=1S/C35H56/c1-17-25(23-19-18-20-24(21-23)31(2,3)4)28-26(32(5,6)7)22-27(33(8,9)10)29(34(11,12)13)30(28)35(14,15)16/h18-22,25H,17H2,1-16H3. The molecule has 0 fully saturated rings. The van der Waals surface area contributed by atoms with Crippen molar-refractivity contribution in [2.24, 2.45) is 0 Å². The molecule has 0 N–H and O–H groups in total. The molecule has 2 aromatic carbocycles. The summed E-state index contributed by atoms with van der Waals surface area (Å²) in [5, 5.41) is 0. The van der Waals surface area contributed by atoms with E-state index in [9.17, 15) is 0 Å². The minimum absolute atomic E-state index is 0.0360. The highest BCUT2D eigenvalue weighted by Crippen LogP contribution is 2.50. The van der Waals surface area contributed by atoms with Gasteiger partial charge in [-0.05, 0) is 72.4 Å². The molecule has 0 spiro atoms. The Morgan fingerprint density at radius 2 is 1.03 bits per heavy atom. The molecular weight excluding hydrogens is 420 g/mol. The SMILES string of the molecule is CCC(c1cccc(C(C)(C)C)c1)c1c(C(C)(C)C)cc(C(C)(C)C)c(C(C)(C)C)c1C(C)(C)C. The van der Waals surface area contributed by atoms with E-state index in [1.165, 1.54) is 22.3 Å². The summed E-state index contributed by atoms with van der Waals surface area (Å²) in [6, 6.07) is 12.0. The van der Waals surface area contributed by atoms with Crippen molar-refractivity contribution >= 4 is 0 Å². The third kappa shape index (κ3) is 6.42. The van der Waals surface area contributed by atoms with E-state index in [1.54, 1.807) is 16.7 Å². The lowest BCUT2D eigenvalue weighted by Crippen LogP contribution is -2.33. The number of rotatable bonds is 3. The number of hydrogen-bond acceptors (Lipinski definition) is 0. The smallest absolute Gasteiger partial charge is 0.00928 e. The van der Waals surface area contributed by atoms with Gasteiger partial charge < -0.3 is 0 Å². The predicted molar refractivity (Wildman–Crippen MR) is 159 cm³/mol. The molecule has 2 rings (SSSR count). The maximum Gasteiger partial charge on any atom is 0.00928 e. The van der Waals surface area contributed by atoms with E-state index in [0.29, 0.717) is 5.92 Å². The Balaban J connectivity index is 3.20. The van der Waals surface area contributed by atoms with Crippen molar-refractivity contribution in [3.8, 4) is 0 Å². The minimum Gasteiger partial charge on any atom is -0.0645 e. The van der Waals surface area contributed by atoms with Crippen LogP contribution in [0.25, 0.3) is 0 Å². The van der Waals surface area contributed by atoms with Crippen LogP contribution < -0.4 is 0 Å². The first-order valence-corrected chi connectivity index (χ1v) is 13.8. The summed E-state index contributed by atoms with van der Waals surface area (Å²) < 4.78 is 0. The van der Waals surface area contributed by atoms with Gasteiger partial charge in [0.25, 0.3) is 0 Å². The zero-order chi connectivity index (χ0) is 27.4. The predicted octanol–water partition coefficient (Wildman–Crippen LogP) is 10.7. The van der Waals surface area contributed by atoms with Crippen LogP contribution >= 0.6 is 0 Å². The highest BCUT2D eigenvalue weighted by molar-refractivity contribution is 5.59. The summed E-state index contributed by atoms with van der Waals surface area (Å²) in [6.45, 7) is 38.2. The van der Waals surface area contributed by atoms with Crippen molar-refractivity contribution in [3.05, 3.63) is 69.3 Å². The Bertz CT molecular complexity index is 1030. The average Bonchev–Trinajstić information content (AvgIpc) is 2.64. The molecule has 0 aromatic heterocycles. The molecular formula is C35H56. The van der Waals surface area contributed by atoms with Gasteiger partial charge in [-0.1, -0.05) is 141 Å². The highest BCUT2D eigenvalue weighted by Gasteiger charge is 2.38. The molecule has 0 radical (unpaired) electrons. The van der Waals surface area contributed by atoms with Crippen LogP contribution in [0.2, 0.25) is 0 Å². The first-order chi connectivity index (χ1) is 15.5. The molecule has 0 nitrogen and oxygen atoms in total. The van der Waals surface area contributed by atoms with Crippen molar-refractivity contribution in [2.75, 3.05) is 0 Å². The summed E-state index contributed by atoms with van der Waals surface area (Å²) in [6.07, 6.45) is 1.10. The topological polar surface area (TPSA) is 0 Å². The van der Waals surface area contributed by atoms with Gasteiger partial charge >= 0.3 is 0 Å². The van der Waals surface area contributed by atoms with Crippen LogP contribution in [0.3, 0.4) is 0 Å². The zero-order valence-corrected chi connectivity index (χ0v) is 26.2. The maximum atomic E-state index is 2.60. The molecule has 0 aliphatic rings. The molecule has 0 aliphatic carbocycles. The van der Waals surface area contributed by atoms with Gasteiger partial charge in [0.1, 0.15) is 0 Å². The summed E-state index contributed by atoms with van der Waals surface area (Å²) in [5.74, 6) is 0.371. The Kier molecular flexibility index (Phi) is 7.96. The average molecular weight is 477 g/mol. The van der Waals surface area contributed by atoms with Gasteiger partial charge in [0, 0.05) is 5.92 Å². The third-order valence-electron chi connectivity index (χ3n) is 7.40. The van der Waals surface area contributed by atoms with Gasteiger partial charge in [-0.3, -0.25) is 0 Å². The fourth-order valence-corrected chi connectivity index (χ4v) is 5.66. The lowest BCUT2D eigenvalue weighted by molar-refractivity contribution is 0.480. The number of hydrogen-bond donors (Lipinski definition) is 0. The minimum atomic E-state index is 0.0360. The van der Waals surface area contributed by atoms with Gasteiger partial charge in [-0.25, -0.2) is 0 Å². The fraction of sp³-hybridized carbons (Fsp3) is 0.657. The van der Waals surface area contributed by atoms with Crippen LogP contribution in [0.15, 0.2) is 30.3 Å². The molecule has 2 aromatic rings. The fourth-order valence-electron chi connectivity index (χ4n) is 5.66. The van der Waals surface area contributed by atoms with E-state index >= 15 is 0 Å². The van der Waals surface area contributed by atoms with Crippen molar-refractivity contribution in [1.29, 1.82) is 0 Å². The van der Waals surface area contributed by atoms with Crippen LogP contribution in [0.4, 0.5) is 0 Å². The first kappa shape index (κ1) is 29.7. The second-order valence-electron chi connectivity index (χ2n) is 16.0. The molecule has 0 heteroatoms. The Hall–Kier alpha value is -1.56. The zero-order valence-electron chi connectivity index (χ0n) is 26.2. The number of benzene rings is 2. The molecule has 0 aliphatic heterocycles. The van der Waals surface area contributed by atoms with Crippen LogP contribution in [-0.4, -0.2) is 0 Å². The Morgan fingerprint density at radius 3 is 1.40 bits per heavy atom. The first-order valence-electron chi connectivity index (χ1n) is 13.8. The van der Waals surface area contributed by atoms with Gasteiger partial charge in [0.15, 0.2) is 0 Å². The van der Waals surface area contributed by atoms with E-state index in [2.05, 4.69) is 141 Å². The molecule has 1 unspecified atom stereocenters. The molecule has 1 atom stereocenters. The van der Waals surface area contributed by atoms with Crippen molar-refractivity contribution in [3.63, 3.8) is 0 Å². The van der Waals surface area contributed by atoms with Crippen molar-refractivity contribution in [1.82, 2.24) is 0 Å².